The molecule has 0 aromatic heterocycles. The van der Waals surface area contributed by atoms with Crippen LogP contribution in [0.2, 0.25) is 0 Å². The van der Waals surface area contributed by atoms with E-state index in [2.05, 4.69) is 9.47 Å². The van der Waals surface area contributed by atoms with Gasteiger partial charge in [0.15, 0.2) is 11.5 Å². The first-order valence-electron chi connectivity index (χ1n) is 4.10. The molecule has 0 spiro atoms. The van der Waals surface area contributed by atoms with Crippen LogP contribution in [-0.2, 0) is 10.0 Å². The van der Waals surface area contributed by atoms with Crippen LogP contribution in [0, 0.1) is 0 Å². The van der Waals surface area contributed by atoms with Crippen molar-refractivity contribution in [3.63, 3.8) is 0 Å². The number of ether oxygens (including phenoxy) is 2. The predicted octanol–water partition coefficient (Wildman–Crippen LogP) is 1.24. The van der Waals surface area contributed by atoms with Crippen molar-refractivity contribution in [2.45, 2.75) is 11.3 Å². The molecule has 0 aliphatic heterocycles. The number of nitrogens with two attached hydrogens (primary N) is 1. The zero-order valence-corrected chi connectivity index (χ0v) is 9.30. The summed E-state index contributed by atoms with van der Waals surface area (Å²) >= 11 is 0. The van der Waals surface area contributed by atoms with Crippen LogP contribution >= 0.6 is 0 Å². The van der Waals surface area contributed by atoms with Crippen molar-refractivity contribution in [2.24, 2.45) is 5.14 Å². The molecule has 0 radical (unpaired) electrons. The van der Waals surface area contributed by atoms with E-state index in [9.17, 15) is 21.6 Å². The van der Waals surface area contributed by atoms with E-state index in [4.69, 9.17) is 5.14 Å². The Balaban J connectivity index is 3.25. The van der Waals surface area contributed by atoms with Crippen LogP contribution in [0.25, 0.3) is 0 Å². The number of halogens is 3. The molecule has 9 heteroatoms. The highest BCUT2D eigenvalue weighted by Gasteiger charge is 2.33. The largest absolute Gasteiger partial charge is 0.573 e. The van der Waals surface area contributed by atoms with E-state index in [0.717, 1.165) is 19.2 Å². The summed E-state index contributed by atoms with van der Waals surface area (Å²) < 4.78 is 66.2. The van der Waals surface area contributed by atoms with Crippen molar-refractivity contribution in [2.75, 3.05) is 7.11 Å². The van der Waals surface area contributed by atoms with E-state index in [0.29, 0.717) is 6.07 Å². The molecule has 0 atom stereocenters. The van der Waals surface area contributed by atoms with Crippen molar-refractivity contribution >= 4 is 10.0 Å². The molecule has 0 aliphatic rings. The van der Waals surface area contributed by atoms with Gasteiger partial charge in [-0.15, -0.1) is 13.2 Å². The highest BCUT2D eigenvalue weighted by Crippen LogP contribution is 2.33. The molecule has 0 saturated carbocycles. The number of rotatable bonds is 3. The normalized spacial score (nSPS) is 12.3. The van der Waals surface area contributed by atoms with Crippen molar-refractivity contribution < 1.29 is 31.1 Å². The molecule has 96 valence electrons. The van der Waals surface area contributed by atoms with E-state index < -0.39 is 27.0 Å². The zero-order chi connectivity index (χ0) is 13.3. The minimum Gasteiger partial charge on any atom is -0.493 e. The lowest BCUT2D eigenvalue weighted by atomic mass is 10.3. The van der Waals surface area contributed by atoms with Crippen molar-refractivity contribution in [1.29, 1.82) is 0 Å². The van der Waals surface area contributed by atoms with E-state index in [1.807, 2.05) is 0 Å². The maximum atomic E-state index is 12.0. The fraction of sp³-hybridized carbons (Fsp3) is 0.250. The van der Waals surface area contributed by atoms with Crippen LogP contribution in [-0.4, -0.2) is 21.9 Å². The van der Waals surface area contributed by atoms with Gasteiger partial charge in [-0.25, -0.2) is 13.6 Å². The number of hydrogen-bond donors (Lipinski definition) is 1. The molecule has 17 heavy (non-hydrogen) atoms. The monoisotopic (exact) mass is 271 g/mol. The topological polar surface area (TPSA) is 78.6 Å². The average molecular weight is 271 g/mol. The summed E-state index contributed by atoms with van der Waals surface area (Å²) in [6.45, 7) is 0. The molecule has 0 unspecified atom stereocenters. The molecule has 0 bridgehead atoms. The Bertz CT molecular complexity index is 512. The third-order valence-corrected chi connectivity index (χ3v) is 2.60. The summed E-state index contributed by atoms with van der Waals surface area (Å²) in [6.07, 6.45) is -4.95. The Kier molecular flexibility index (Phi) is 3.53. The van der Waals surface area contributed by atoms with Crippen molar-refractivity contribution in [1.82, 2.24) is 0 Å². The molecule has 5 nitrogen and oxygen atoms in total. The molecule has 0 heterocycles. The molecule has 0 aliphatic carbocycles. The summed E-state index contributed by atoms with van der Waals surface area (Å²) in [4.78, 5) is -0.502. The van der Waals surface area contributed by atoms with Gasteiger partial charge in [-0.05, 0) is 12.1 Å². The molecule has 1 aromatic carbocycles. The smallest absolute Gasteiger partial charge is 0.493 e. The number of benzene rings is 1. The number of methoxy groups -OCH3 is 1. The minimum atomic E-state index is -4.95. The second-order valence-electron chi connectivity index (χ2n) is 2.91. The van der Waals surface area contributed by atoms with Crippen LogP contribution in [0.15, 0.2) is 23.1 Å². The van der Waals surface area contributed by atoms with E-state index in [1.165, 1.54) is 0 Å². The third-order valence-electron chi connectivity index (χ3n) is 1.69. The first kappa shape index (κ1) is 13.6. The molecular weight excluding hydrogens is 263 g/mol. The highest BCUT2D eigenvalue weighted by molar-refractivity contribution is 7.89. The molecule has 0 saturated heterocycles. The lowest BCUT2D eigenvalue weighted by Crippen LogP contribution is -2.18. The molecule has 0 fully saturated rings. The van der Waals surface area contributed by atoms with Crippen LogP contribution in [0.5, 0.6) is 11.5 Å². The van der Waals surface area contributed by atoms with Crippen LogP contribution in [0.1, 0.15) is 0 Å². The third kappa shape index (κ3) is 3.79. The maximum Gasteiger partial charge on any atom is 0.573 e. The molecule has 0 amide bonds. The van der Waals surface area contributed by atoms with Crippen LogP contribution in [0.4, 0.5) is 13.2 Å². The molecule has 1 rings (SSSR count). The van der Waals surface area contributed by atoms with Crippen LogP contribution in [0.3, 0.4) is 0 Å². The van der Waals surface area contributed by atoms with Gasteiger partial charge in [-0.3, -0.25) is 0 Å². The maximum absolute atomic E-state index is 12.0. The molecule has 1 aromatic rings. The van der Waals surface area contributed by atoms with Gasteiger partial charge in [0, 0.05) is 6.07 Å². The van der Waals surface area contributed by atoms with Gasteiger partial charge in [0.25, 0.3) is 0 Å². The number of alkyl halides is 3. The Morgan fingerprint density at radius 2 is 1.82 bits per heavy atom. The van der Waals surface area contributed by atoms with Crippen molar-refractivity contribution in [3.8, 4) is 11.5 Å². The number of primary sulfonamides is 1. The highest BCUT2D eigenvalue weighted by atomic mass is 32.2. The summed E-state index contributed by atoms with van der Waals surface area (Å²) in [5, 5.41) is 4.78. The van der Waals surface area contributed by atoms with Gasteiger partial charge in [-0.1, -0.05) is 0 Å². The van der Waals surface area contributed by atoms with Gasteiger partial charge >= 0.3 is 6.36 Å². The van der Waals surface area contributed by atoms with Gasteiger partial charge in [0.1, 0.15) is 0 Å². The van der Waals surface area contributed by atoms with Crippen molar-refractivity contribution in [3.05, 3.63) is 18.2 Å². The average Bonchev–Trinajstić information content (AvgIpc) is 2.13. The SMILES string of the molecule is COc1ccc(S(N)(=O)=O)cc1OC(F)(F)F. The Hall–Kier alpha value is -1.48. The van der Waals surface area contributed by atoms with E-state index in [1.54, 1.807) is 0 Å². The fourth-order valence-electron chi connectivity index (χ4n) is 1.04. The number of hydrogen-bond acceptors (Lipinski definition) is 4. The lowest BCUT2D eigenvalue weighted by Gasteiger charge is -2.13. The summed E-state index contributed by atoms with van der Waals surface area (Å²) in [7, 11) is -2.99. The second kappa shape index (κ2) is 4.41. The minimum absolute atomic E-state index is 0.255. The molecular formula is C8H8F3NO4S. The fourth-order valence-corrected chi connectivity index (χ4v) is 1.57. The second-order valence-corrected chi connectivity index (χ2v) is 4.47. The first-order chi connectivity index (χ1) is 7.63. The lowest BCUT2D eigenvalue weighted by molar-refractivity contribution is -0.275. The first-order valence-corrected chi connectivity index (χ1v) is 5.65. The number of sulfonamides is 1. The zero-order valence-electron chi connectivity index (χ0n) is 8.48. The Morgan fingerprint density at radius 1 is 1.24 bits per heavy atom. The Labute approximate surface area is 95.0 Å². The quantitative estimate of drug-likeness (QED) is 0.897. The molecule has 2 N–H and O–H groups in total. The van der Waals surface area contributed by atoms with E-state index >= 15 is 0 Å². The summed E-state index contributed by atoms with van der Waals surface area (Å²) in [6, 6.07) is 2.67. The van der Waals surface area contributed by atoms with Gasteiger partial charge < -0.3 is 9.47 Å². The summed E-state index contributed by atoms with van der Waals surface area (Å²) in [5.74, 6) is -1.03. The van der Waals surface area contributed by atoms with Gasteiger partial charge in [0.05, 0.1) is 12.0 Å². The van der Waals surface area contributed by atoms with Crippen LogP contribution < -0.4 is 14.6 Å². The van der Waals surface area contributed by atoms with E-state index in [-0.39, 0.29) is 5.75 Å². The predicted molar refractivity (Wildman–Crippen MR) is 51.1 cm³/mol. The van der Waals surface area contributed by atoms with Gasteiger partial charge in [0.2, 0.25) is 10.0 Å². The Morgan fingerprint density at radius 3 is 2.24 bits per heavy atom. The standard InChI is InChI=1S/C8H8F3NO4S/c1-15-6-3-2-5(17(12,13)14)4-7(6)16-8(9,10)11/h2-4H,1H3,(H2,12,13,14). The summed E-state index contributed by atoms with van der Waals surface area (Å²) in [5.41, 5.74) is 0. The van der Waals surface area contributed by atoms with Gasteiger partial charge in [-0.2, -0.15) is 0 Å².